The molecule has 0 unspecified atom stereocenters. The third-order valence-electron chi connectivity index (χ3n) is 0.645. The van der Waals surface area contributed by atoms with Crippen molar-refractivity contribution in [2.45, 2.75) is 12.5 Å². The van der Waals surface area contributed by atoms with E-state index in [-0.39, 0.29) is 51.4 Å². The van der Waals surface area contributed by atoms with Gasteiger partial charge in [0.2, 0.25) is 0 Å². The normalized spacial score (nSPS) is 11.3. The molecular weight excluding hydrogens is 167 g/mol. The number of hydrogen-bond acceptors (Lipinski definition) is 4. The van der Waals surface area contributed by atoms with E-state index >= 15 is 0 Å². The Kier molecular flexibility index (Phi) is 8.23. The van der Waals surface area contributed by atoms with Crippen LogP contribution in [0.5, 0.6) is 0 Å². The molecule has 0 spiro atoms. The first kappa shape index (κ1) is 13.1. The molecule has 0 heterocycles. The minimum Gasteiger partial charge on any atom is -0.550 e. The SMILES string of the molecule is O=C([O-])C[C@@H](O)C(=O)O.[K+]. The molecule has 0 aliphatic carbocycles. The van der Waals surface area contributed by atoms with E-state index in [4.69, 9.17) is 10.2 Å². The summed E-state index contributed by atoms with van der Waals surface area (Å²) in [6, 6.07) is 0. The van der Waals surface area contributed by atoms with Gasteiger partial charge in [0.1, 0.15) is 0 Å². The number of aliphatic carboxylic acids is 2. The minimum absolute atomic E-state index is 0. The summed E-state index contributed by atoms with van der Waals surface area (Å²) >= 11 is 0. The number of carboxylic acids is 2. The van der Waals surface area contributed by atoms with E-state index in [1.807, 2.05) is 0 Å². The van der Waals surface area contributed by atoms with Crippen LogP contribution in [0.3, 0.4) is 0 Å². The molecule has 0 aromatic carbocycles. The van der Waals surface area contributed by atoms with Gasteiger partial charge in [-0.15, -0.1) is 0 Å². The van der Waals surface area contributed by atoms with Gasteiger partial charge < -0.3 is 20.1 Å². The largest absolute Gasteiger partial charge is 1.00 e. The molecule has 0 bridgehead atoms. The van der Waals surface area contributed by atoms with Crippen molar-refractivity contribution >= 4 is 11.9 Å². The quantitative estimate of drug-likeness (QED) is 0.414. The van der Waals surface area contributed by atoms with E-state index in [1.165, 1.54) is 0 Å². The monoisotopic (exact) mass is 172 g/mol. The summed E-state index contributed by atoms with van der Waals surface area (Å²) in [6.07, 6.45) is -2.72. The molecule has 0 aromatic rings. The standard InChI is InChI=1S/C4H6O5.K/c5-2(4(8)9)1-3(6)7;/h2,5H,1H2,(H,6,7)(H,8,9);/q;+1/p-1/t2-;/m1./s1. The number of carboxylic acid groups (broad SMARTS) is 2. The van der Waals surface area contributed by atoms with E-state index in [0.29, 0.717) is 0 Å². The number of carbonyl (C=O) groups excluding carboxylic acids is 1. The number of rotatable bonds is 3. The van der Waals surface area contributed by atoms with Gasteiger partial charge in [-0.3, -0.25) is 0 Å². The molecular formula is C4H5KO5. The van der Waals surface area contributed by atoms with Gasteiger partial charge in [0.15, 0.2) is 6.10 Å². The van der Waals surface area contributed by atoms with Gasteiger partial charge >= 0.3 is 57.4 Å². The maximum atomic E-state index is 9.69. The van der Waals surface area contributed by atoms with Crippen molar-refractivity contribution in [2.24, 2.45) is 0 Å². The number of carbonyl (C=O) groups is 2. The van der Waals surface area contributed by atoms with Crippen molar-refractivity contribution in [1.29, 1.82) is 0 Å². The molecule has 0 saturated carbocycles. The summed E-state index contributed by atoms with van der Waals surface area (Å²) in [6.45, 7) is 0. The molecule has 0 rings (SSSR count). The van der Waals surface area contributed by atoms with Gasteiger partial charge in [0.25, 0.3) is 0 Å². The van der Waals surface area contributed by atoms with E-state index in [0.717, 1.165) is 0 Å². The molecule has 6 heteroatoms. The predicted octanol–water partition coefficient (Wildman–Crippen LogP) is -5.42. The molecule has 0 amide bonds. The first-order valence-electron chi connectivity index (χ1n) is 2.14. The molecule has 0 fully saturated rings. The van der Waals surface area contributed by atoms with Gasteiger partial charge in [-0.05, 0) is 0 Å². The van der Waals surface area contributed by atoms with Crippen LogP contribution >= 0.6 is 0 Å². The second-order valence-electron chi connectivity index (χ2n) is 1.43. The topological polar surface area (TPSA) is 97.7 Å². The molecule has 5 nitrogen and oxygen atoms in total. The fraction of sp³-hybridized carbons (Fsp3) is 0.500. The first-order chi connectivity index (χ1) is 4.04. The zero-order chi connectivity index (χ0) is 7.44. The number of aliphatic hydroxyl groups excluding tert-OH is 1. The number of aliphatic hydroxyl groups is 1. The maximum Gasteiger partial charge on any atom is 1.00 e. The molecule has 10 heavy (non-hydrogen) atoms. The zero-order valence-corrected chi connectivity index (χ0v) is 8.53. The maximum absolute atomic E-state index is 9.69. The summed E-state index contributed by atoms with van der Waals surface area (Å²) in [7, 11) is 0. The van der Waals surface area contributed by atoms with Crippen molar-refractivity contribution in [2.75, 3.05) is 0 Å². The third kappa shape index (κ3) is 6.65. The van der Waals surface area contributed by atoms with Gasteiger partial charge in [0.05, 0.1) is 0 Å². The fourth-order valence-electron chi connectivity index (χ4n) is 0.245. The Bertz CT molecular complexity index is 134. The van der Waals surface area contributed by atoms with Crippen LogP contribution in [0.1, 0.15) is 6.42 Å². The van der Waals surface area contributed by atoms with E-state index < -0.39 is 24.5 Å². The van der Waals surface area contributed by atoms with Gasteiger partial charge in [-0.1, -0.05) is 0 Å². The summed E-state index contributed by atoms with van der Waals surface area (Å²) < 4.78 is 0. The Labute approximate surface area is 99.5 Å². The van der Waals surface area contributed by atoms with Crippen molar-refractivity contribution in [3.8, 4) is 0 Å². The van der Waals surface area contributed by atoms with Crippen molar-refractivity contribution in [1.82, 2.24) is 0 Å². The third-order valence-corrected chi connectivity index (χ3v) is 0.645. The van der Waals surface area contributed by atoms with E-state index in [2.05, 4.69) is 0 Å². The minimum atomic E-state index is -1.85. The van der Waals surface area contributed by atoms with Crippen molar-refractivity contribution in [3.63, 3.8) is 0 Å². The summed E-state index contributed by atoms with van der Waals surface area (Å²) in [5.74, 6) is -3.14. The molecule has 0 aliphatic rings. The molecule has 2 N–H and O–H groups in total. The average molecular weight is 172 g/mol. The number of hydrogen-bond donors (Lipinski definition) is 2. The second-order valence-corrected chi connectivity index (χ2v) is 1.43. The molecule has 0 aromatic heterocycles. The smallest absolute Gasteiger partial charge is 0.550 e. The van der Waals surface area contributed by atoms with Crippen LogP contribution in [0, 0.1) is 0 Å². The molecule has 0 radical (unpaired) electrons. The Balaban J connectivity index is 0. The zero-order valence-electron chi connectivity index (χ0n) is 5.40. The summed E-state index contributed by atoms with van der Waals surface area (Å²) in [5, 5.41) is 25.7. The Morgan fingerprint density at radius 3 is 2.00 bits per heavy atom. The van der Waals surface area contributed by atoms with Crippen LogP contribution in [0.4, 0.5) is 0 Å². The molecule has 52 valence electrons. The average Bonchev–Trinajstić information content (AvgIpc) is 1.63. The fourth-order valence-corrected chi connectivity index (χ4v) is 0.245. The summed E-state index contributed by atoms with van der Waals surface area (Å²) in [5.41, 5.74) is 0. The van der Waals surface area contributed by atoms with Crippen LogP contribution in [0.2, 0.25) is 0 Å². The van der Waals surface area contributed by atoms with Crippen LogP contribution in [-0.2, 0) is 9.59 Å². The van der Waals surface area contributed by atoms with Gasteiger partial charge in [-0.25, -0.2) is 4.79 Å². The molecule has 0 aliphatic heterocycles. The first-order valence-corrected chi connectivity index (χ1v) is 2.14. The Hall–Kier alpha value is 0.536. The van der Waals surface area contributed by atoms with Crippen molar-refractivity contribution < 1.29 is 76.3 Å². The van der Waals surface area contributed by atoms with Crippen molar-refractivity contribution in [3.05, 3.63) is 0 Å². The van der Waals surface area contributed by atoms with E-state index in [1.54, 1.807) is 0 Å². The van der Waals surface area contributed by atoms with Crippen LogP contribution in [-0.4, -0.2) is 28.3 Å². The van der Waals surface area contributed by atoms with Crippen LogP contribution in [0.15, 0.2) is 0 Å². The summed E-state index contributed by atoms with van der Waals surface area (Å²) in [4.78, 5) is 19.3. The molecule has 1 atom stereocenters. The Morgan fingerprint density at radius 2 is 1.90 bits per heavy atom. The van der Waals surface area contributed by atoms with Gasteiger partial charge in [0, 0.05) is 12.4 Å². The second kappa shape index (κ2) is 6.26. The van der Waals surface area contributed by atoms with Crippen LogP contribution in [0.25, 0.3) is 0 Å². The Morgan fingerprint density at radius 1 is 1.50 bits per heavy atom. The predicted molar refractivity (Wildman–Crippen MR) is 23.3 cm³/mol. The van der Waals surface area contributed by atoms with Crippen LogP contribution < -0.4 is 56.5 Å². The van der Waals surface area contributed by atoms with E-state index in [9.17, 15) is 14.7 Å². The molecule has 0 saturated heterocycles. The van der Waals surface area contributed by atoms with Gasteiger partial charge in [-0.2, -0.15) is 0 Å².